The molecule has 0 bridgehead atoms. The minimum Gasteiger partial charge on any atom is -0.246 e. The lowest BCUT2D eigenvalue weighted by Crippen LogP contribution is -1.88. The van der Waals surface area contributed by atoms with E-state index >= 15 is 0 Å². The Morgan fingerprint density at radius 2 is 1.92 bits per heavy atom. The minimum absolute atomic E-state index is 1.08. The van der Waals surface area contributed by atoms with Gasteiger partial charge in [-0.3, -0.25) is 0 Å². The molecule has 12 heavy (non-hydrogen) atoms. The van der Waals surface area contributed by atoms with Gasteiger partial charge in [-0.2, -0.15) is 0 Å². The van der Waals surface area contributed by atoms with Crippen LogP contribution in [0.2, 0.25) is 0 Å². The number of nitrogens with zero attached hydrogens (tertiary/aromatic N) is 1. The molecule has 1 aromatic heterocycles. The predicted molar refractivity (Wildman–Crippen MR) is 54.9 cm³/mol. The lowest BCUT2D eigenvalue weighted by molar-refractivity contribution is 0.865. The Bertz CT molecular complexity index is 240. The first-order valence-corrected chi connectivity index (χ1v) is 5.60. The van der Waals surface area contributed by atoms with Crippen LogP contribution in [0, 0.1) is 0 Å². The Labute approximate surface area is 78.8 Å². The number of hydrogen-bond donors (Lipinski definition) is 0. The minimum atomic E-state index is 1.08. The van der Waals surface area contributed by atoms with Crippen molar-refractivity contribution in [1.82, 2.24) is 4.98 Å². The van der Waals surface area contributed by atoms with Gasteiger partial charge in [-0.25, -0.2) is 4.98 Å². The van der Waals surface area contributed by atoms with E-state index in [1.807, 2.05) is 11.3 Å². The zero-order valence-corrected chi connectivity index (χ0v) is 9.00. The smallest absolute Gasteiger partial charge is 0.0928 e. The Morgan fingerprint density at radius 1 is 1.17 bits per heavy atom. The molecule has 0 radical (unpaired) electrons. The average molecular weight is 183 g/mol. The second-order valence-corrected chi connectivity index (χ2v) is 4.10. The molecule has 0 aromatic carbocycles. The summed E-state index contributed by atoms with van der Waals surface area (Å²) < 4.78 is 0. The summed E-state index contributed by atoms with van der Waals surface area (Å²) in [6.45, 7) is 6.60. The summed E-state index contributed by atoms with van der Waals surface area (Å²) in [4.78, 5) is 6.10. The molecule has 1 heterocycles. The van der Waals surface area contributed by atoms with Gasteiger partial charge in [-0.15, -0.1) is 11.3 Å². The number of hydrogen-bond acceptors (Lipinski definition) is 2. The van der Waals surface area contributed by atoms with Crippen LogP contribution in [0.3, 0.4) is 0 Å². The fourth-order valence-electron chi connectivity index (χ4n) is 1.30. The van der Waals surface area contributed by atoms with Gasteiger partial charge < -0.3 is 0 Å². The van der Waals surface area contributed by atoms with Crippen molar-refractivity contribution in [3.05, 3.63) is 15.6 Å². The third-order valence-corrected chi connectivity index (χ3v) is 3.32. The topological polar surface area (TPSA) is 12.9 Å². The normalized spacial score (nSPS) is 10.6. The summed E-state index contributed by atoms with van der Waals surface area (Å²) in [5.41, 5.74) is 1.35. The highest BCUT2D eigenvalue weighted by Gasteiger charge is 2.06. The number of aryl methyl sites for hydroxylation is 3. The molecule has 2 heteroatoms. The van der Waals surface area contributed by atoms with Crippen molar-refractivity contribution in [1.29, 1.82) is 0 Å². The zero-order valence-electron chi connectivity index (χ0n) is 8.18. The van der Waals surface area contributed by atoms with Crippen LogP contribution in [0.4, 0.5) is 0 Å². The summed E-state index contributed by atoms with van der Waals surface area (Å²) >= 11 is 1.89. The van der Waals surface area contributed by atoms with Gasteiger partial charge in [0.1, 0.15) is 0 Å². The Morgan fingerprint density at radius 3 is 2.42 bits per heavy atom. The van der Waals surface area contributed by atoms with E-state index < -0.39 is 0 Å². The van der Waals surface area contributed by atoms with Crippen LogP contribution in [-0.4, -0.2) is 4.98 Å². The summed E-state index contributed by atoms with van der Waals surface area (Å²) in [5.74, 6) is 0. The maximum atomic E-state index is 4.61. The molecule has 0 aliphatic carbocycles. The molecule has 0 N–H and O–H groups in total. The van der Waals surface area contributed by atoms with Crippen molar-refractivity contribution < 1.29 is 0 Å². The van der Waals surface area contributed by atoms with E-state index in [1.54, 1.807) is 0 Å². The van der Waals surface area contributed by atoms with Gasteiger partial charge in [0.25, 0.3) is 0 Å². The van der Waals surface area contributed by atoms with Crippen LogP contribution < -0.4 is 0 Å². The molecule has 1 nitrogen and oxygen atoms in total. The average Bonchev–Trinajstić information content (AvgIpc) is 2.48. The first-order chi connectivity index (χ1) is 5.81. The molecule has 68 valence electrons. The first kappa shape index (κ1) is 9.72. The van der Waals surface area contributed by atoms with Crippen LogP contribution in [0.1, 0.15) is 42.8 Å². The second kappa shape index (κ2) is 4.61. The van der Waals surface area contributed by atoms with Gasteiger partial charge in [0.05, 0.1) is 10.7 Å². The Balaban J connectivity index is 2.84. The summed E-state index contributed by atoms with van der Waals surface area (Å²) in [5, 5.41) is 1.30. The Kier molecular flexibility index (Phi) is 3.73. The van der Waals surface area contributed by atoms with Crippen LogP contribution in [-0.2, 0) is 19.3 Å². The number of thiazole rings is 1. The molecule has 0 aliphatic rings. The third kappa shape index (κ3) is 2.07. The van der Waals surface area contributed by atoms with Gasteiger partial charge in [0, 0.05) is 4.88 Å². The molecule has 0 fully saturated rings. The zero-order chi connectivity index (χ0) is 8.97. The molecule has 0 saturated carbocycles. The molecule has 0 aliphatic heterocycles. The quantitative estimate of drug-likeness (QED) is 0.698. The van der Waals surface area contributed by atoms with Gasteiger partial charge >= 0.3 is 0 Å². The number of aromatic nitrogens is 1. The highest BCUT2D eigenvalue weighted by molar-refractivity contribution is 7.11. The fraction of sp³-hybridized carbons (Fsp3) is 0.700. The van der Waals surface area contributed by atoms with Crippen LogP contribution in [0.25, 0.3) is 0 Å². The Hall–Kier alpha value is -0.370. The molecule has 1 rings (SSSR count). The third-order valence-electron chi connectivity index (χ3n) is 1.93. The van der Waals surface area contributed by atoms with Crippen molar-refractivity contribution in [3.63, 3.8) is 0 Å². The van der Waals surface area contributed by atoms with Crippen molar-refractivity contribution >= 4 is 11.3 Å². The van der Waals surface area contributed by atoms with Crippen LogP contribution >= 0.6 is 11.3 Å². The summed E-state index contributed by atoms with van der Waals surface area (Å²) in [7, 11) is 0. The molecule has 0 unspecified atom stereocenters. The predicted octanol–water partition coefficient (Wildman–Crippen LogP) is 3.22. The summed E-state index contributed by atoms with van der Waals surface area (Å²) in [6, 6.07) is 0. The molecule has 0 spiro atoms. The maximum Gasteiger partial charge on any atom is 0.0928 e. The van der Waals surface area contributed by atoms with Crippen molar-refractivity contribution in [2.24, 2.45) is 0 Å². The molecular formula is C10H17NS. The molecule has 0 amide bonds. The largest absolute Gasteiger partial charge is 0.246 e. The van der Waals surface area contributed by atoms with Crippen LogP contribution in [0.15, 0.2) is 0 Å². The second-order valence-electron chi connectivity index (χ2n) is 2.93. The molecule has 0 saturated heterocycles. The highest BCUT2D eigenvalue weighted by atomic mass is 32.1. The maximum absolute atomic E-state index is 4.61. The van der Waals surface area contributed by atoms with E-state index in [4.69, 9.17) is 0 Å². The SMILES string of the molecule is CCCc1nc(CC)sc1CC. The first-order valence-electron chi connectivity index (χ1n) is 4.79. The van der Waals surface area contributed by atoms with E-state index in [9.17, 15) is 0 Å². The van der Waals surface area contributed by atoms with Crippen molar-refractivity contribution in [2.45, 2.75) is 46.5 Å². The van der Waals surface area contributed by atoms with Gasteiger partial charge in [-0.05, 0) is 19.3 Å². The molecule has 1 aromatic rings. The summed E-state index contributed by atoms with van der Waals surface area (Å²) in [6.07, 6.45) is 4.59. The van der Waals surface area contributed by atoms with Crippen molar-refractivity contribution in [3.8, 4) is 0 Å². The van der Waals surface area contributed by atoms with E-state index in [2.05, 4.69) is 25.8 Å². The van der Waals surface area contributed by atoms with E-state index in [0.717, 1.165) is 19.3 Å². The fourth-order valence-corrected chi connectivity index (χ4v) is 2.29. The van der Waals surface area contributed by atoms with E-state index in [0.29, 0.717) is 0 Å². The molecule has 0 atom stereocenters. The molecular weight excluding hydrogens is 166 g/mol. The van der Waals surface area contributed by atoms with E-state index in [1.165, 1.54) is 22.0 Å². The number of rotatable bonds is 4. The van der Waals surface area contributed by atoms with Crippen molar-refractivity contribution in [2.75, 3.05) is 0 Å². The van der Waals surface area contributed by atoms with Crippen LogP contribution in [0.5, 0.6) is 0 Å². The van der Waals surface area contributed by atoms with Gasteiger partial charge in [0.15, 0.2) is 0 Å². The van der Waals surface area contributed by atoms with Gasteiger partial charge in [0.2, 0.25) is 0 Å². The lowest BCUT2D eigenvalue weighted by atomic mass is 10.2. The van der Waals surface area contributed by atoms with Gasteiger partial charge in [-0.1, -0.05) is 27.2 Å². The highest BCUT2D eigenvalue weighted by Crippen LogP contribution is 2.20. The lowest BCUT2D eigenvalue weighted by Gasteiger charge is -1.94. The van der Waals surface area contributed by atoms with E-state index in [-0.39, 0.29) is 0 Å². The standard InChI is InChI=1S/C10H17NS/c1-4-7-8-9(5-2)12-10(6-3)11-8/h4-7H2,1-3H3. The monoisotopic (exact) mass is 183 g/mol.